The number of carbonyl (C=O) groups excluding carboxylic acids is 2. The third kappa shape index (κ3) is 4.68. The van der Waals surface area contributed by atoms with Crippen LogP contribution in [0.25, 0.3) is 0 Å². The predicted molar refractivity (Wildman–Crippen MR) is 93.6 cm³/mol. The molecule has 2 amide bonds. The summed E-state index contributed by atoms with van der Waals surface area (Å²) in [5.41, 5.74) is 4.76. The van der Waals surface area contributed by atoms with Crippen molar-refractivity contribution < 1.29 is 9.59 Å². The average Bonchev–Trinajstić information content (AvgIpc) is 2.52. The Kier molecular flexibility index (Phi) is 5.52. The Balaban J connectivity index is 1.91. The van der Waals surface area contributed by atoms with Crippen LogP contribution < -0.4 is 10.6 Å². The van der Waals surface area contributed by atoms with Crippen molar-refractivity contribution in [2.45, 2.75) is 33.6 Å². The number of amides is 2. The minimum atomic E-state index is -0.322. The van der Waals surface area contributed by atoms with Gasteiger partial charge in [0.05, 0.1) is 0 Å². The lowest BCUT2D eigenvalue weighted by atomic mass is 10.1. The van der Waals surface area contributed by atoms with Gasteiger partial charge in [0.2, 0.25) is 11.8 Å². The van der Waals surface area contributed by atoms with Gasteiger partial charge in [-0.2, -0.15) is 0 Å². The molecule has 2 aromatic carbocycles. The van der Waals surface area contributed by atoms with E-state index in [1.54, 1.807) is 0 Å². The summed E-state index contributed by atoms with van der Waals surface area (Å²) < 4.78 is 0. The SMILES string of the molecule is CCc1ccc(NC(=O)CC(=O)Nc2cccc(C)c2C)cc1. The summed E-state index contributed by atoms with van der Waals surface area (Å²) in [6.45, 7) is 6.00. The number of anilines is 2. The van der Waals surface area contributed by atoms with E-state index < -0.39 is 0 Å². The smallest absolute Gasteiger partial charge is 0.233 e. The Bertz CT molecular complexity index is 706. The lowest BCUT2D eigenvalue weighted by molar-refractivity contribution is -0.123. The van der Waals surface area contributed by atoms with E-state index in [2.05, 4.69) is 17.6 Å². The maximum Gasteiger partial charge on any atom is 0.233 e. The molecule has 4 heteroatoms. The zero-order valence-electron chi connectivity index (χ0n) is 13.8. The van der Waals surface area contributed by atoms with Crippen molar-refractivity contribution in [1.82, 2.24) is 0 Å². The van der Waals surface area contributed by atoms with Crippen LogP contribution in [-0.4, -0.2) is 11.8 Å². The van der Waals surface area contributed by atoms with Crippen molar-refractivity contribution in [2.75, 3.05) is 10.6 Å². The summed E-state index contributed by atoms with van der Waals surface area (Å²) in [4.78, 5) is 24.0. The minimum Gasteiger partial charge on any atom is -0.326 e. The van der Waals surface area contributed by atoms with Crippen molar-refractivity contribution in [1.29, 1.82) is 0 Å². The predicted octanol–water partition coefficient (Wildman–Crippen LogP) is 3.83. The standard InChI is InChI=1S/C19H22N2O2/c1-4-15-8-10-16(11-9-15)20-18(22)12-19(23)21-17-7-5-6-13(2)14(17)3/h5-11H,4,12H2,1-3H3,(H,20,22)(H,21,23). The largest absolute Gasteiger partial charge is 0.326 e. The molecule has 0 unspecified atom stereocenters. The van der Waals surface area contributed by atoms with Gasteiger partial charge in [-0.15, -0.1) is 0 Å². The summed E-state index contributed by atoms with van der Waals surface area (Å²) in [6.07, 6.45) is 0.745. The maximum absolute atomic E-state index is 12.0. The van der Waals surface area contributed by atoms with Crippen LogP contribution in [0.4, 0.5) is 11.4 Å². The van der Waals surface area contributed by atoms with Gasteiger partial charge < -0.3 is 10.6 Å². The zero-order valence-corrected chi connectivity index (χ0v) is 13.8. The van der Waals surface area contributed by atoms with Gasteiger partial charge in [0.15, 0.2) is 0 Å². The van der Waals surface area contributed by atoms with Crippen LogP contribution in [0, 0.1) is 13.8 Å². The molecule has 0 saturated carbocycles. The quantitative estimate of drug-likeness (QED) is 0.825. The van der Waals surface area contributed by atoms with Crippen LogP contribution in [0.2, 0.25) is 0 Å². The topological polar surface area (TPSA) is 58.2 Å². The fraction of sp³-hybridized carbons (Fsp3) is 0.263. The highest BCUT2D eigenvalue weighted by atomic mass is 16.2. The highest BCUT2D eigenvalue weighted by Crippen LogP contribution is 2.18. The van der Waals surface area contributed by atoms with E-state index in [9.17, 15) is 9.59 Å². The fourth-order valence-corrected chi connectivity index (χ4v) is 2.26. The van der Waals surface area contributed by atoms with Crippen molar-refractivity contribution in [3.05, 3.63) is 59.2 Å². The molecule has 0 fully saturated rings. The van der Waals surface area contributed by atoms with E-state index >= 15 is 0 Å². The molecule has 0 spiro atoms. The number of carbonyl (C=O) groups is 2. The number of aryl methyl sites for hydroxylation is 2. The van der Waals surface area contributed by atoms with E-state index in [0.717, 1.165) is 23.2 Å². The van der Waals surface area contributed by atoms with E-state index in [4.69, 9.17) is 0 Å². The Morgan fingerprint density at radius 1 is 0.913 bits per heavy atom. The Morgan fingerprint density at radius 2 is 1.57 bits per heavy atom. The van der Waals surface area contributed by atoms with Crippen molar-refractivity contribution in [2.24, 2.45) is 0 Å². The molecule has 4 nitrogen and oxygen atoms in total. The number of benzene rings is 2. The van der Waals surface area contributed by atoms with Gasteiger partial charge in [-0.3, -0.25) is 9.59 Å². The minimum absolute atomic E-state index is 0.205. The van der Waals surface area contributed by atoms with E-state index in [0.29, 0.717) is 5.69 Å². The molecule has 0 aliphatic carbocycles. The first-order valence-corrected chi connectivity index (χ1v) is 7.74. The van der Waals surface area contributed by atoms with Gasteiger partial charge in [-0.1, -0.05) is 31.2 Å². The molecule has 2 aromatic rings. The van der Waals surface area contributed by atoms with Crippen LogP contribution in [-0.2, 0) is 16.0 Å². The van der Waals surface area contributed by atoms with Gasteiger partial charge in [0, 0.05) is 11.4 Å². The van der Waals surface area contributed by atoms with Crippen molar-refractivity contribution in [3.63, 3.8) is 0 Å². The maximum atomic E-state index is 12.0. The molecule has 2 N–H and O–H groups in total. The molecule has 0 bridgehead atoms. The van der Waals surface area contributed by atoms with Crippen molar-refractivity contribution >= 4 is 23.2 Å². The molecule has 120 valence electrons. The van der Waals surface area contributed by atoms with E-state index in [1.807, 2.05) is 56.3 Å². The second kappa shape index (κ2) is 7.58. The Morgan fingerprint density at radius 3 is 2.22 bits per heavy atom. The average molecular weight is 310 g/mol. The first-order chi connectivity index (χ1) is 11.0. The fourth-order valence-electron chi connectivity index (χ4n) is 2.26. The number of hydrogen-bond donors (Lipinski definition) is 2. The lowest BCUT2D eigenvalue weighted by Gasteiger charge is -2.10. The van der Waals surface area contributed by atoms with Gasteiger partial charge in [-0.25, -0.2) is 0 Å². The number of rotatable bonds is 5. The highest BCUT2D eigenvalue weighted by Gasteiger charge is 2.11. The number of hydrogen-bond acceptors (Lipinski definition) is 2. The molecule has 0 aliphatic rings. The Labute approximate surface area is 136 Å². The molecule has 23 heavy (non-hydrogen) atoms. The van der Waals surface area contributed by atoms with Crippen LogP contribution in [0.5, 0.6) is 0 Å². The molecular weight excluding hydrogens is 288 g/mol. The molecule has 0 aliphatic heterocycles. The van der Waals surface area contributed by atoms with Gasteiger partial charge in [-0.05, 0) is 55.2 Å². The summed E-state index contributed by atoms with van der Waals surface area (Å²) >= 11 is 0. The van der Waals surface area contributed by atoms with Gasteiger partial charge in [0.25, 0.3) is 0 Å². The Hall–Kier alpha value is -2.62. The third-order valence-corrected chi connectivity index (χ3v) is 3.85. The van der Waals surface area contributed by atoms with Crippen molar-refractivity contribution in [3.8, 4) is 0 Å². The normalized spacial score (nSPS) is 10.2. The van der Waals surface area contributed by atoms with Crippen LogP contribution in [0.15, 0.2) is 42.5 Å². The lowest BCUT2D eigenvalue weighted by Crippen LogP contribution is -2.21. The first kappa shape index (κ1) is 16.7. The van der Waals surface area contributed by atoms with Crippen LogP contribution in [0.1, 0.15) is 30.0 Å². The second-order valence-corrected chi connectivity index (χ2v) is 5.57. The third-order valence-electron chi connectivity index (χ3n) is 3.85. The van der Waals surface area contributed by atoms with Gasteiger partial charge >= 0.3 is 0 Å². The zero-order chi connectivity index (χ0) is 16.8. The summed E-state index contributed by atoms with van der Waals surface area (Å²) in [6, 6.07) is 13.3. The summed E-state index contributed by atoms with van der Waals surface area (Å²) in [5.74, 6) is -0.640. The second-order valence-electron chi connectivity index (χ2n) is 5.57. The molecule has 0 saturated heterocycles. The highest BCUT2D eigenvalue weighted by molar-refractivity contribution is 6.08. The van der Waals surface area contributed by atoms with E-state index in [1.165, 1.54) is 5.56 Å². The van der Waals surface area contributed by atoms with Gasteiger partial charge in [0.1, 0.15) is 6.42 Å². The van der Waals surface area contributed by atoms with Crippen LogP contribution >= 0.6 is 0 Å². The van der Waals surface area contributed by atoms with Crippen LogP contribution in [0.3, 0.4) is 0 Å². The molecule has 0 radical (unpaired) electrons. The molecule has 0 atom stereocenters. The molecular formula is C19H22N2O2. The summed E-state index contributed by atoms with van der Waals surface area (Å²) in [5, 5.41) is 5.52. The molecule has 0 aromatic heterocycles. The first-order valence-electron chi connectivity index (χ1n) is 7.74. The molecule has 2 rings (SSSR count). The molecule has 0 heterocycles. The number of nitrogens with one attached hydrogen (secondary N) is 2. The monoisotopic (exact) mass is 310 g/mol. The van der Waals surface area contributed by atoms with E-state index in [-0.39, 0.29) is 18.2 Å². The summed E-state index contributed by atoms with van der Waals surface area (Å²) in [7, 11) is 0.